The summed E-state index contributed by atoms with van der Waals surface area (Å²) in [5.41, 5.74) is 2.96. The molecule has 6 nitrogen and oxygen atoms in total. The third-order valence-corrected chi connectivity index (χ3v) is 5.50. The third-order valence-electron chi connectivity index (χ3n) is 5.50. The molecule has 192 valence electrons. The normalized spacial score (nSPS) is 11.9. The minimum atomic E-state index is -3.24. The van der Waals surface area contributed by atoms with Crippen molar-refractivity contribution in [3.63, 3.8) is 0 Å². The van der Waals surface area contributed by atoms with E-state index >= 15 is 0 Å². The maximum absolute atomic E-state index is 13.0. The Morgan fingerprint density at radius 2 is 1.43 bits per heavy atom. The van der Waals surface area contributed by atoms with E-state index < -0.39 is 30.6 Å². The van der Waals surface area contributed by atoms with Gasteiger partial charge in [0.25, 0.3) is 0 Å². The first-order valence-corrected chi connectivity index (χ1v) is 11.2. The number of ether oxygens (including phenoxy) is 3. The Hall–Kier alpha value is -4.34. The van der Waals surface area contributed by atoms with Crippen molar-refractivity contribution in [2.24, 2.45) is 0 Å². The Kier molecular flexibility index (Phi) is 8.40. The Labute approximate surface area is 210 Å². The number of halogens is 4. The minimum absolute atomic E-state index is 0.329. The highest BCUT2D eigenvalue weighted by Gasteiger charge is 2.21. The lowest BCUT2D eigenvalue weighted by Crippen LogP contribution is -2.24. The monoisotopic (exact) mass is 514 g/mol. The third kappa shape index (κ3) is 7.33. The van der Waals surface area contributed by atoms with Crippen molar-refractivity contribution in [1.82, 2.24) is 4.98 Å². The van der Waals surface area contributed by atoms with E-state index in [-0.39, 0.29) is 0 Å². The fourth-order valence-electron chi connectivity index (χ4n) is 3.78. The molecule has 0 fully saturated rings. The van der Waals surface area contributed by atoms with E-state index in [4.69, 9.17) is 4.74 Å². The van der Waals surface area contributed by atoms with Gasteiger partial charge in [-0.3, -0.25) is 0 Å². The van der Waals surface area contributed by atoms with Gasteiger partial charge in [0.1, 0.15) is 6.61 Å². The Balaban J connectivity index is 1.64. The largest absolute Gasteiger partial charge is 0.619 e. The van der Waals surface area contributed by atoms with E-state index in [1.165, 1.54) is 24.5 Å². The fraction of sp³-hybridized carbons (Fsp3) is 0.185. The molecule has 0 bridgehead atoms. The average molecular weight is 514 g/mol. The second-order valence-corrected chi connectivity index (χ2v) is 7.99. The summed E-state index contributed by atoms with van der Waals surface area (Å²) < 4.78 is 66.7. The summed E-state index contributed by atoms with van der Waals surface area (Å²) >= 11 is 0. The Morgan fingerprint density at radius 1 is 0.757 bits per heavy atom. The summed E-state index contributed by atoms with van der Waals surface area (Å²) in [6, 6.07) is 20.2. The lowest BCUT2D eigenvalue weighted by molar-refractivity contribution is -0.605. The maximum atomic E-state index is 13.0. The Bertz CT molecular complexity index is 1270. The lowest BCUT2D eigenvalue weighted by Gasteiger charge is -2.20. The topological polar surface area (TPSA) is 67.5 Å². The molecule has 2 aromatic carbocycles. The molecule has 0 saturated heterocycles. The summed E-state index contributed by atoms with van der Waals surface area (Å²) in [4.78, 5) is 4.37. The summed E-state index contributed by atoms with van der Waals surface area (Å²) in [6.07, 6.45) is 4.64. The first-order chi connectivity index (χ1) is 17.9. The molecule has 0 N–H and O–H groups in total. The lowest BCUT2D eigenvalue weighted by atomic mass is 9.87. The van der Waals surface area contributed by atoms with Gasteiger partial charge in [0, 0.05) is 30.3 Å². The molecule has 0 aliphatic heterocycles. The quantitative estimate of drug-likeness (QED) is 0.142. The molecule has 0 saturated carbocycles. The van der Waals surface area contributed by atoms with Crippen LogP contribution in [0, 0.1) is 5.21 Å². The highest BCUT2D eigenvalue weighted by Crippen LogP contribution is 2.37. The Morgan fingerprint density at radius 3 is 2.08 bits per heavy atom. The SMILES string of the molecule is [O-][n+]1ccc(CC(c2ccc(OCc3ccccc3)nc2)c2ccc(OC(F)F)c(OC(F)F)c2)cc1. The predicted molar refractivity (Wildman–Crippen MR) is 126 cm³/mol. The van der Waals surface area contributed by atoms with E-state index in [0.717, 1.165) is 17.2 Å². The summed E-state index contributed by atoms with van der Waals surface area (Å²) in [6.45, 7) is -6.12. The van der Waals surface area contributed by atoms with Gasteiger partial charge in [0.15, 0.2) is 23.9 Å². The van der Waals surface area contributed by atoms with E-state index in [0.29, 0.717) is 34.8 Å². The fourth-order valence-corrected chi connectivity index (χ4v) is 3.78. The number of rotatable bonds is 11. The van der Waals surface area contributed by atoms with Crippen molar-refractivity contribution in [1.29, 1.82) is 0 Å². The van der Waals surface area contributed by atoms with E-state index in [1.54, 1.807) is 30.5 Å². The number of aromatic nitrogens is 2. The second-order valence-electron chi connectivity index (χ2n) is 7.99. The maximum Gasteiger partial charge on any atom is 0.387 e. The average Bonchev–Trinajstić information content (AvgIpc) is 2.89. The molecule has 0 spiro atoms. The van der Waals surface area contributed by atoms with Crippen LogP contribution in [0.4, 0.5) is 17.6 Å². The van der Waals surface area contributed by atoms with Crippen LogP contribution in [0.5, 0.6) is 17.4 Å². The van der Waals surface area contributed by atoms with Gasteiger partial charge in [-0.25, -0.2) is 4.98 Å². The van der Waals surface area contributed by atoms with Crippen molar-refractivity contribution in [3.8, 4) is 17.4 Å². The summed E-state index contributed by atoms with van der Waals surface area (Å²) in [5.74, 6) is -1.08. The van der Waals surface area contributed by atoms with E-state index in [9.17, 15) is 22.8 Å². The van der Waals surface area contributed by atoms with Crippen molar-refractivity contribution >= 4 is 0 Å². The molecule has 4 rings (SSSR count). The highest BCUT2D eigenvalue weighted by molar-refractivity contribution is 5.47. The van der Waals surface area contributed by atoms with Gasteiger partial charge in [-0.15, -0.1) is 0 Å². The predicted octanol–water partition coefficient (Wildman–Crippen LogP) is 5.87. The highest BCUT2D eigenvalue weighted by atomic mass is 19.3. The number of pyridine rings is 2. The van der Waals surface area contributed by atoms with Gasteiger partial charge in [-0.2, -0.15) is 22.3 Å². The van der Waals surface area contributed by atoms with Gasteiger partial charge in [0.05, 0.1) is 0 Å². The number of alkyl halides is 4. The van der Waals surface area contributed by atoms with E-state index in [2.05, 4.69) is 14.5 Å². The van der Waals surface area contributed by atoms with Crippen LogP contribution in [-0.4, -0.2) is 18.2 Å². The standard InChI is InChI=1S/C27H22F4N2O4/c28-26(29)36-23-8-6-20(15-24(23)37-27(30)31)22(14-18-10-12-33(34)13-11-18)21-7-9-25(32-16-21)35-17-19-4-2-1-3-5-19/h1-13,15-16,22,26-27H,14,17H2. The van der Waals surface area contributed by atoms with Gasteiger partial charge in [0.2, 0.25) is 5.88 Å². The minimum Gasteiger partial charge on any atom is -0.619 e. The van der Waals surface area contributed by atoms with Crippen LogP contribution in [0.3, 0.4) is 0 Å². The molecule has 37 heavy (non-hydrogen) atoms. The number of hydrogen-bond donors (Lipinski definition) is 0. The zero-order chi connectivity index (χ0) is 26.2. The van der Waals surface area contributed by atoms with Crippen LogP contribution in [0.1, 0.15) is 28.2 Å². The van der Waals surface area contributed by atoms with Crippen LogP contribution in [0.2, 0.25) is 0 Å². The molecule has 2 heterocycles. The molecule has 1 atom stereocenters. The molecule has 10 heteroatoms. The van der Waals surface area contributed by atoms with Gasteiger partial charge in [-0.1, -0.05) is 42.5 Å². The van der Waals surface area contributed by atoms with Crippen LogP contribution < -0.4 is 18.9 Å². The molecule has 0 aliphatic carbocycles. The van der Waals surface area contributed by atoms with Gasteiger partial charge in [-0.05, 0) is 40.8 Å². The van der Waals surface area contributed by atoms with E-state index in [1.807, 2.05) is 30.3 Å². The smallest absolute Gasteiger partial charge is 0.387 e. The van der Waals surface area contributed by atoms with Crippen molar-refractivity contribution < 1.29 is 36.5 Å². The van der Waals surface area contributed by atoms with Gasteiger partial charge >= 0.3 is 13.2 Å². The summed E-state index contributed by atoms with van der Waals surface area (Å²) in [5, 5.41) is 11.5. The molecule has 0 amide bonds. The van der Waals surface area contributed by atoms with Crippen molar-refractivity contribution in [3.05, 3.63) is 119 Å². The molecule has 1 unspecified atom stereocenters. The zero-order valence-corrected chi connectivity index (χ0v) is 19.3. The molecule has 4 aromatic rings. The zero-order valence-electron chi connectivity index (χ0n) is 19.3. The molecular formula is C27H22F4N2O4. The van der Waals surface area contributed by atoms with Crippen LogP contribution in [0.15, 0.2) is 91.4 Å². The number of benzene rings is 2. The first-order valence-electron chi connectivity index (χ1n) is 11.2. The van der Waals surface area contributed by atoms with Crippen LogP contribution in [0.25, 0.3) is 0 Å². The molecule has 2 aromatic heterocycles. The number of hydrogen-bond acceptors (Lipinski definition) is 5. The molecular weight excluding hydrogens is 492 g/mol. The van der Waals surface area contributed by atoms with Crippen LogP contribution in [-0.2, 0) is 13.0 Å². The van der Waals surface area contributed by atoms with Crippen molar-refractivity contribution in [2.75, 3.05) is 0 Å². The van der Waals surface area contributed by atoms with Crippen LogP contribution >= 0.6 is 0 Å². The number of nitrogens with zero attached hydrogens (tertiary/aromatic N) is 2. The van der Waals surface area contributed by atoms with Crippen molar-refractivity contribution in [2.45, 2.75) is 32.2 Å². The first kappa shape index (κ1) is 25.7. The van der Waals surface area contributed by atoms with Gasteiger partial charge < -0.3 is 19.4 Å². The molecule has 0 aliphatic rings. The molecule has 0 radical (unpaired) electrons. The summed E-state index contributed by atoms with van der Waals surface area (Å²) in [7, 11) is 0. The second kappa shape index (κ2) is 12.1.